The van der Waals surface area contributed by atoms with Crippen LogP contribution < -0.4 is 5.32 Å². The fraction of sp³-hybridized carbons (Fsp3) is 0.0476. The maximum Gasteiger partial charge on any atom is 0.145 e. The van der Waals surface area contributed by atoms with Crippen molar-refractivity contribution in [1.29, 1.82) is 0 Å². The predicted molar refractivity (Wildman–Crippen MR) is 108 cm³/mol. The molecule has 0 amide bonds. The minimum absolute atomic E-state index is 0.113. The van der Waals surface area contributed by atoms with Gasteiger partial charge in [-0.25, -0.2) is 9.97 Å². The second kappa shape index (κ2) is 6.31. The van der Waals surface area contributed by atoms with Crippen LogP contribution in [0.1, 0.15) is 0 Å². The summed E-state index contributed by atoms with van der Waals surface area (Å²) in [5.74, 6) is 0.658. The van der Waals surface area contributed by atoms with Crippen molar-refractivity contribution in [2.45, 2.75) is 0 Å². The lowest BCUT2D eigenvalue weighted by molar-refractivity contribution is 0.482. The van der Waals surface area contributed by atoms with E-state index in [2.05, 4.69) is 25.4 Å². The monoisotopic (exact) mass is 368 g/mol. The van der Waals surface area contributed by atoms with Crippen molar-refractivity contribution in [2.24, 2.45) is 7.05 Å². The number of rotatable bonds is 3. The second-order valence-corrected chi connectivity index (χ2v) is 6.55. The van der Waals surface area contributed by atoms with Crippen LogP contribution in [0.15, 0.2) is 67.4 Å². The van der Waals surface area contributed by atoms with E-state index in [4.69, 9.17) is 0 Å². The molecule has 2 aromatic carbocycles. The normalized spacial score (nSPS) is 11.2. The maximum absolute atomic E-state index is 10.7. The zero-order valence-corrected chi connectivity index (χ0v) is 15.0. The van der Waals surface area contributed by atoms with Gasteiger partial charge in [-0.1, -0.05) is 6.07 Å². The molecule has 3 aromatic heterocycles. The van der Waals surface area contributed by atoms with Crippen molar-refractivity contribution in [1.82, 2.24) is 24.7 Å². The first-order valence-electron chi connectivity index (χ1n) is 8.76. The molecule has 0 fully saturated rings. The number of hydrogen-bond acceptors (Lipinski definition) is 6. The number of benzene rings is 2. The summed E-state index contributed by atoms with van der Waals surface area (Å²) in [5.41, 5.74) is 4.19. The second-order valence-electron chi connectivity index (χ2n) is 6.55. The Labute approximate surface area is 160 Å². The Hall–Kier alpha value is -4.00. The van der Waals surface area contributed by atoms with E-state index in [0.29, 0.717) is 16.7 Å². The SMILES string of the molecule is Cn1cc(-c2cc(O)c3c(Nc4ccc5ncccc5c4)ncnc3c2)cn1. The average Bonchev–Trinajstić information content (AvgIpc) is 3.14. The van der Waals surface area contributed by atoms with Gasteiger partial charge < -0.3 is 10.4 Å². The summed E-state index contributed by atoms with van der Waals surface area (Å²) in [5, 5.41) is 19.8. The van der Waals surface area contributed by atoms with Gasteiger partial charge in [-0.05, 0) is 42.0 Å². The van der Waals surface area contributed by atoms with Gasteiger partial charge >= 0.3 is 0 Å². The smallest absolute Gasteiger partial charge is 0.145 e. The molecule has 0 saturated heterocycles. The van der Waals surface area contributed by atoms with Crippen molar-refractivity contribution < 1.29 is 5.11 Å². The van der Waals surface area contributed by atoms with E-state index < -0.39 is 0 Å². The van der Waals surface area contributed by atoms with Crippen molar-refractivity contribution in [3.63, 3.8) is 0 Å². The van der Waals surface area contributed by atoms with Gasteiger partial charge in [0.05, 0.1) is 22.6 Å². The van der Waals surface area contributed by atoms with Crippen molar-refractivity contribution >= 4 is 33.3 Å². The first-order chi connectivity index (χ1) is 13.7. The summed E-state index contributed by atoms with van der Waals surface area (Å²) in [6, 6.07) is 13.4. The fourth-order valence-corrected chi connectivity index (χ4v) is 3.29. The van der Waals surface area contributed by atoms with Gasteiger partial charge in [0.1, 0.15) is 17.9 Å². The van der Waals surface area contributed by atoms with Crippen LogP contribution in [-0.2, 0) is 7.05 Å². The zero-order valence-electron chi connectivity index (χ0n) is 15.0. The largest absolute Gasteiger partial charge is 0.507 e. The summed E-state index contributed by atoms with van der Waals surface area (Å²) in [4.78, 5) is 13.0. The molecule has 0 spiro atoms. The Bertz CT molecular complexity index is 1330. The number of aromatic hydroxyl groups is 1. The Morgan fingerprint density at radius 1 is 0.964 bits per heavy atom. The molecule has 28 heavy (non-hydrogen) atoms. The van der Waals surface area contributed by atoms with Crippen LogP contribution in [0.25, 0.3) is 32.9 Å². The molecule has 3 heterocycles. The number of hydrogen-bond donors (Lipinski definition) is 2. The molecule has 7 nitrogen and oxygen atoms in total. The Kier molecular flexibility index (Phi) is 3.65. The highest BCUT2D eigenvalue weighted by atomic mass is 16.3. The lowest BCUT2D eigenvalue weighted by atomic mass is 10.1. The average molecular weight is 368 g/mol. The molecule has 0 radical (unpaired) electrons. The standard InChI is InChI=1S/C21H16N6O/c1-27-11-15(10-25-27)14-8-18-20(19(28)9-14)21(24-12-23-18)26-16-4-5-17-13(7-16)3-2-6-22-17/h2-12,28H,1H3,(H,23,24,26). The van der Waals surface area contributed by atoms with Gasteiger partial charge in [0, 0.05) is 36.1 Å². The molecule has 0 aliphatic rings. The third-order valence-electron chi connectivity index (χ3n) is 4.62. The van der Waals surface area contributed by atoms with E-state index in [1.165, 1.54) is 6.33 Å². The molecule has 0 atom stereocenters. The van der Waals surface area contributed by atoms with Crippen LogP contribution in [0.5, 0.6) is 5.75 Å². The summed E-state index contributed by atoms with van der Waals surface area (Å²) in [7, 11) is 1.85. The van der Waals surface area contributed by atoms with Crippen LogP contribution in [0.3, 0.4) is 0 Å². The lowest BCUT2D eigenvalue weighted by Crippen LogP contribution is -1.97. The molecule has 0 bridgehead atoms. The van der Waals surface area contributed by atoms with Crippen LogP contribution in [0.4, 0.5) is 11.5 Å². The number of aryl methyl sites for hydroxylation is 1. The lowest BCUT2D eigenvalue weighted by Gasteiger charge is -2.11. The quantitative estimate of drug-likeness (QED) is 0.500. The number of aromatic nitrogens is 5. The van der Waals surface area contributed by atoms with E-state index in [1.54, 1.807) is 23.1 Å². The van der Waals surface area contributed by atoms with Crippen LogP contribution in [0, 0.1) is 0 Å². The molecule has 0 saturated carbocycles. The molecule has 0 aliphatic heterocycles. The van der Waals surface area contributed by atoms with Crippen molar-refractivity contribution in [3.05, 3.63) is 67.4 Å². The van der Waals surface area contributed by atoms with Gasteiger partial charge in [-0.15, -0.1) is 0 Å². The highest BCUT2D eigenvalue weighted by Crippen LogP contribution is 2.35. The Morgan fingerprint density at radius 2 is 1.89 bits per heavy atom. The zero-order chi connectivity index (χ0) is 19.1. The van der Waals surface area contributed by atoms with E-state index in [1.807, 2.05) is 49.6 Å². The van der Waals surface area contributed by atoms with Crippen LogP contribution in [-0.4, -0.2) is 29.8 Å². The summed E-state index contributed by atoms with van der Waals surface area (Å²) in [6.45, 7) is 0. The van der Waals surface area contributed by atoms with Gasteiger partial charge in [0.15, 0.2) is 0 Å². The molecule has 136 valence electrons. The number of fused-ring (bicyclic) bond motifs is 2. The van der Waals surface area contributed by atoms with Gasteiger partial charge in [0.2, 0.25) is 0 Å². The van der Waals surface area contributed by atoms with Gasteiger partial charge in [0.25, 0.3) is 0 Å². The Morgan fingerprint density at radius 3 is 2.75 bits per heavy atom. The maximum atomic E-state index is 10.7. The minimum atomic E-state index is 0.113. The van der Waals surface area contributed by atoms with Gasteiger partial charge in [-0.3, -0.25) is 9.67 Å². The Balaban J connectivity index is 1.59. The molecular weight excluding hydrogens is 352 g/mol. The summed E-state index contributed by atoms with van der Waals surface area (Å²) in [6.07, 6.45) is 6.90. The third-order valence-corrected chi connectivity index (χ3v) is 4.62. The predicted octanol–water partition coefficient (Wildman–Crippen LogP) is 4.03. The summed E-state index contributed by atoms with van der Waals surface area (Å²) >= 11 is 0. The topological polar surface area (TPSA) is 88.8 Å². The summed E-state index contributed by atoms with van der Waals surface area (Å²) < 4.78 is 1.72. The van der Waals surface area contributed by atoms with Crippen LogP contribution in [0.2, 0.25) is 0 Å². The molecule has 5 rings (SSSR count). The number of phenols is 1. The van der Waals surface area contributed by atoms with E-state index in [0.717, 1.165) is 27.7 Å². The number of pyridine rings is 1. The number of anilines is 2. The first kappa shape index (κ1) is 16.2. The number of nitrogens with zero attached hydrogens (tertiary/aromatic N) is 5. The van der Waals surface area contributed by atoms with Crippen LogP contribution >= 0.6 is 0 Å². The molecule has 2 N–H and O–H groups in total. The third kappa shape index (κ3) is 2.79. The van der Waals surface area contributed by atoms with Crippen molar-refractivity contribution in [2.75, 3.05) is 5.32 Å². The van der Waals surface area contributed by atoms with E-state index >= 15 is 0 Å². The molecular formula is C21H16N6O. The number of phenolic OH excluding ortho intramolecular Hbond substituents is 1. The molecule has 0 unspecified atom stereocenters. The van der Waals surface area contributed by atoms with Crippen molar-refractivity contribution in [3.8, 4) is 16.9 Å². The van der Waals surface area contributed by atoms with Gasteiger partial charge in [-0.2, -0.15) is 5.10 Å². The molecule has 7 heteroatoms. The van der Waals surface area contributed by atoms with E-state index in [-0.39, 0.29) is 5.75 Å². The highest BCUT2D eigenvalue weighted by Gasteiger charge is 2.13. The highest BCUT2D eigenvalue weighted by molar-refractivity contribution is 5.98. The number of nitrogens with one attached hydrogen (secondary N) is 1. The molecule has 5 aromatic rings. The first-order valence-corrected chi connectivity index (χ1v) is 8.76. The molecule has 0 aliphatic carbocycles. The minimum Gasteiger partial charge on any atom is -0.507 e. The van der Waals surface area contributed by atoms with E-state index in [9.17, 15) is 5.11 Å². The fourth-order valence-electron chi connectivity index (χ4n) is 3.29.